The highest BCUT2D eigenvalue weighted by atomic mass is 79.9. The normalized spacial score (nSPS) is 11.5. The monoisotopic (exact) mass is 458 g/mol. The van der Waals surface area contributed by atoms with Gasteiger partial charge < -0.3 is 0 Å². The first kappa shape index (κ1) is 18.0. The van der Waals surface area contributed by atoms with Crippen LogP contribution in [-0.4, -0.2) is 9.38 Å². The first-order valence-corrected chi connectivity index (χ1v) is 10.7. The third kappa shape index (κ3) is 3.52. The van der Waals surface area contributed by atoms with Crippen LogP contribution in [-0.2, 0) is 0 Å². The maximum Gasteiger partial charge on any atom is 0.202 e. The van der Waals surface area contributed by atoms with Crippen molar-refractivity contribution < 1.29 is 0 Å². The Morgan fingerprint density at radius 3 is 2.17 bits per heavy atom. The molecule has 0 N–H and O–H groups in total. The van der Waals surface area contributed by atoms with Gasteiger partial charge in [0.05, 0.1) is 11.4 Å². The van der Waals surface area contributed by atoms with Crippen molar-refractivity contribution in [2.75, 3.05) is 0 Å². The van der Waals surface area contributed by atoms with Crippen molar-refractivity contribution in [2.24, 2.45) is 10.2 Å². The molecule has 140 valence electrons. The summed E-state index contributed by atoms with van der Waals surface area (Å²) in [7, 11) is 0. The number of halogens is 1. The van der Waals surface area contributed by atoms with Gasteiger partial charge in [0.15, 0.2) is 4.96 Å². The topological polar surface area (TPSA) is 42.0 Å². The van der Waals surface area contributed by atoms with Crippen molar-refractivity contribution in [1.29, 1.82) is 0 Å². The summed E-state index contributed by atoms with van der Waals surface area (Å²) in [5.41, 5.74) is 5.01. The minimum absolute atomic E-state index is 0.611. The fraction of sp³-hybridized carbons (Fsp3) is 0. The Labute approximate surface area is 180 Å². The van der Waals surface area contributed by atoms with Crippen molar-refractivity contribution in [3.05, 3.63) is 94.8 Å². The highest BCUT2D eigenvalue weighted by molar-refractivity contribution is 9.10. The molecule has 0 bridgehead atoms. The van der Waals surface area contributed by atoms with E-state index >= 15 is 0 Å². The smallest absolute Gasteiger partial charge is 0.202 e. The van der Waals surface area contributed by atoms with Gasteiger partial charge in [0.2, 0.25) is 5.82 Å². The molecule has 0 unspecified atom stereocenters. The van der Waals surface area contributed by atoms with Crippen LogP contribution < -0.4 is 0 Å². The van der Waals surface area contributed by atoms with Gasteiger partial charge in [-0.3, -0.25) is 4.40 Å². The zero-order chi connectivity index (χ0) is 19.6. The van der Waals surface area contributed by atoms with E-state index in [2.05, 4.69) is 60.2 Å². The third-order valence-corrected chi connectivity index (χ3v) is 5.90. The molecule has 6 heteroatoms. The number of hydrogen-bond acceptors (Lipinski definition) is 4. The molecule has 2 heterocycles. The summed E-state index contributed by atoms with van der Waals surface area (Å²) in [4.78, 5) is 5.67. The highest BCUT2D eigenvalue weighted by Gasteiger charge is 2.19. The van der Waals surface area contributed by atoms with E-state index in [-0.39, 0.29) is 0 Å². The lowest BCUT2D eigenvalue weighted by Gasteiger charge is -2.06. The molecule has 0 aliphatic rings. The highest BCUT2D eigenvalue weighted by Crippen LogP contribution is 2.38. The first-order chi connectivity index (χ1) is 14.3. The van der Waals surface area contributed by atoms with Gasteiger partial charge in [0.25, 0.3) is 0 Å². The van der Waals surface area contributed by atoms with E-state index in [1.807, 2.05) is 60.7 Å². The van der Waals surface area contributed by atoms with Crippen LogP contribution in [0.5, 0.6) is 0 Å². The summed E-state index contributed by atoms with van der Waals surface area (Å²) < 4.78 is 3.20. The summed E-state index contributed by atoms with van der Waals surface area (Å²) >= 11 is 5.12. The van der Waals surface area contributed by atoms with Gasteiger partial charge >= 0.3 is 0 Å². The Balaban J connectivity index is 1.73. The third-order valence-electron chi connectivity index (χ3n) is 4.55. The molecule has 0 saturated heterocycles. The second-order valence-electron chi connectivity index (χ2n) is 6.43. The van der Waals surface area contributed by atoms with Gasteiger partial charge in [-0.05, 0) is 29.8 Å². The molecule has 3 aromatic carbocycles. The van der Waals surface area contributed by atoms with Crippen molar-refractivity contribution >= 4 is 43.7 Å². The lowest BCUT2D eigenvalue weighted by atomic mass is 10.1. The molecule has 29 heavy (non-hydrogen) atoms. The van der Waals surface area contributed by atoms with E-state index < -0.39 is 0 Å². The van der Waals surface area contributed by atoms with E-state index in [9.17, 15) is 0 Å². The predicted octanol–water partition coefficient (Wildman–Crippen LogP) is 7.91. The van der Waals surface area contributed by atoms with Crippen LogP contribution in [0.1, 0.15) is 0 Å². The molecular formula is C23H15BrN4S. The Kier molecular flexibility index (Phi) is 4.79. The average molecular weight is 459 g/mol. The quantitative estimate of drug-likeness (QED) is 0.252. The van der Waals surface area contributed by atoms with E-state index in [4.69, 9.17) is 4.98 Å². The van der Waals surface area contributed by atoms with Crippen molar-refractivity contribution in [1.82, 2.24) is 9.38 Å². The summed E-state index contributed by atoms with van der Waals surface area (Å²) in [6.45, 7) is 0. The van der Waals surface area contributed by atoms with Gasteiger partial charge in [-0.15, -0.1) is 21.6 Å². The molecule has 5 rings (SSSR count). The summed E-state index contributed by atoms with van der Waals surface area (Å²) in [6.07, 6.45) is 0. The lowest BCUT2D eigenvalue weighted by Crippen LogP contribution is -1.89. The molecule has 0 saturated carbocycles. The molecule has 5 aromatic rings. The molecule has 4 nitrogen and oxygen atoms in total. The van der Waals surface area contributed by atoms with Gasteiger partial charge in [-0.2, -0.15) is 4.98 Å². The van der Waals surface area contributed by atoms with E-state index in [1.54, 1.807) is 11.3 Å². The molecule has 0 radical (unpaired) electrons. The average Bonchev–Trinajstić information content (AvgIpc) is 3.33. The number of fused-ring (bicyclic) bond motifs is 1. The largest absolute Gasteiger partial charge is 0.280 e. The molecule has 0 spiro atoms. The number of nitrogens with zero attached hydrogens (tertiary/aromatic N) is 4. The molecule has 2 aromatic heterocycles. The number of imidazole rings is 1. The number of azo groups is 1. The Morgan fingerprint density at radius 2 is 1.45 bits per heavy atom. The number of rotatable bonds is 4. The second-order valence-corrected chi connectivity index (χ2v) is 8.18. The molecule has 0 atom stereocenters. The zero-order valence-electron chi connectivity index (χ0n) is 15.2. The van der Waals surface area contributed by atoms with Gasteiger partial charge in [-0.25, -0.2) is 0 Å². The van der Waals surface area contributed by atoms with Gasteiger partial charge in [0.1, 0.15) is 5.69 Å². The zero-order valence-corrected chi connectivity index (χ0v) is 17.6. The fourth-order valence-electron chi connectivity index (χ4n) is 3.19. The van der Waals surface area contributed by atoms with Gasteiger partial charge in [-0.1, -0.05) is 76.6 Å². The van der Waals surface area contributed by atoms with Crippen molar-refractivity contribution in [3.8, 4) is 22.5 Å². The number of benzene rings is 3. The maximum absolute atomic E-state index is 4.78. The summed E-state index contributed by atoms with van der Waals surface area (Å²) in [6, 6.07) is 28.2. The number of aromatic nitrogens is 2. The maximum atomic E-state index is 4.78. The predicted molar refractivity (Wildman–Crippen MR) is 122 cm³/mol. The Morgan fingerprint density at radius 1 is 0.759 bits per heavy atom. The molecular weight excluding hydrogens is 444 g/mol. The van der Waals surface area contributed by atoms with Crippen LogP contribution in [0, 0.1) is 0 Å². The molecule has 0 fully saturated rings. The molecule has 0 aliphatic carbocycles. The minimum atomic E-state index is 0.611. The van der Waals surface area contributed by atoms with Crippen LogP contribution in [0.25, 0.3) is 27.5 Å². The minimum Gasteiger partial charge on any atom is -0.280 e. The number of thiazole rings is 1. The van der Waals surface area contributed by atoms with Crippen LogP contribution in [0.2, 0.25) is 0 Å². The van der Waals surface area contributed by atoms with Crippen LogP contribution in [0.15, 0.2) is 105 Å². The van der Waals surface area contributed by atoms with Crippen molar-refractivity contribution in [3.63, 3.8) is 0 Å². The van der Waals surface area contributed by atoms with Crippen molar-refractivity contribution in [2.45, 2.75) is 0 Å². The molecule has 0 amide bonds. The van der Waals surface area contributed by atoms with Crippen LogP contribution in [0.4, 0.5) is 11.5 Å². The summed E-state index contributed by atoms with van der Waals surface area (Å²) in [5.74, 6) is 0.611. The van der Waals surface area contributed by atoms with E-state index in [0.29, 0.717) is 5.82 Å². The van der Waals surface area contributed by atoms with Crippen LogP contribution >= 0.6 is 27.3 Å². The first-order valence-electron chi connectivity index (χ1n) is 9.08. The fourth-order valence-corrected chi connectivity index (χ4v) is 4.35. The summed E-state index contributed by atoms with van der Waals surface area (Å²) in [5, 5.41) is 11.0. The van der Waals surface area contributed by atoms with E-state index in [0.717, 1.165) is 37.6 Å². The van der Waals surface area contributed by atoms with Crippen LogP contribution in [0.3, 0.4) is 0 Å². The Hall–Kier alpha value is -3.09. The standard InChI is InChI=1S/C23H15BrN4S/c24-18-13-11-17(12-14-18)21-22(27-26-19-9-5-2-6-10-19)25-23-28(21)20(15-29-23)16-7-3-1-4-8-16/h1-15H. The second kappa shape index (κ2) is 7.73. The lowest BCUT2D eigenvalue weighted by molar-refractivity contribution is 1.18. The molecule has 0 aliphatic heterocycles. The number of hydrogen-bond donors (Lipinski definition) is 0. The SMILES string of the molecule is Brc1ccc(-c2c(N=Nc3ccccc3)nc3scc(-c4ccccc4)n23)cc1. The van der Waals surface area contributed by atoms with E-state index in [1.165, 1.54) is 0 Å². The van der Waals surface area contributed by atoms with Gasteiger partial charge in [0, 0.05) is 15.4 Å². The Bertz CT molecular complexity index is 1290.